The van der Waals surface area contributed by atoms with Crippen LogP contribution in [0.1, 0.15) is 32.6 Å². The van der Waals surface area contributed by atoms with E-state index in [0.29, 0.717) is 24.7 Å². The zero-order valence-electron chi connectivity index (χ0n) is 12.7. The van der Waals surface area contributed by atoms with E-state index in [1.807, 2.05) is 24.9 Å². The molecule has 1 fully saturated rings. The number of rotatable bonds is 8. The molecule has 0 aromatic heterocycles. The van der Waals surface area contributed by atoms with Crippen LogP contribution in [0.3, 0.4) is 0 Å². The minimum absolute atomic E-state index is 0.228. The van der Waals surface area contributed by atoms with Gasteiger partial charge in [-0.15, -0.1) is 0 Å². The van der Waals surface area contributed by atoms with Crippen LogP contribution < -0.4 is 16.0 Å². The molecule has 0 aliphatic heterocycles. The molecule has 3 N–H and O–H groups in total. The van der Waals surface area contributed by atoms with Gasteiger partial charge in [0.2, 0.25) is 5.91 Å². The Morgan fingerprint density at radius 2 is 2.14 bits per heavy atom. The second kappa shape index (κ2) is 6.43. The van der Waals surface area contributed by atoms with E-state index in [1.165, 1.54) is 6.07 Å². The standard InChI is InChI=1S/C16H24FN3O/c1-16(15(18)21,19-12-8-9-12)10-5-11-20(2)14-7-4-3-6-13(14)17/h3-4,6-7,12,19H,5,8-11H2,1-2H3,(H2,18,21). The number of anilines is 1. The van der Waals surface area contributed by atoms with Crippen molar-refractivity contribution in [1.82, 2.24) is 5.32 Å². The maximum absolute atomic E-state index is 13.7. The number of halogens is 1. The fraction of sp³-hybridized carbons (Fsp3) is 0.562. The topological polar surface area (TPSA) is 58.4 Å². The van der Waals surface area contributed by atoms with Crippen molar-refractivity contribution < 1.29 is 9.18 Å². The summed E-state index contributed by atoms with van der Waals surface area (Å²) in [5.74, 6) is -0.545. The molecule has 1 aliphatic carbocycles. The summed E-state index contributed by atoms with van der Waals surface area (Å²) in [5, 5.41) is 3.32. The van der Waals surface area contributed by atoms with Crippen molar-refractivity contribution in [2.75, 3.05) is 18.5 Å². The van der Waals surface area contributed by atoms with Gasteiger partial charge in [-0.3, -0.25) is 4.79 Å². The predicted molar refractivity (Wildman–Crippen MR) is 82.7 cm³/mol. The van der Waals surface area contributed by atoms with Crippen LogP contribution in [-0.2, 0) is 4.79 Å². The minimum atomic E-state index is -0.669. The van der Waals surface area contributed by atoms with Crippen LogP contribution in [0.2, 0.25) is 0 Å². The summed E-state index contributed by atoms with van der Waals surface area (Å²) in [6.07, 6.45) is 3.64. The molecule has 0 bridgehead atoms. The van der Waals surface area contributed by atoms with Gasteiger partial charge in [0.15, 0.2) is 0 Å². The van der Waals surface area contributed by atoms with E-state index in [2.05, 4.69) is 5.32 Å². The fourth-order valence-electron chi connectivity index (χ4n) is 2.50. The van der Waals surface area contributed by atoms with E-state index < -0.39 is 5.54 Å². The quantitative estimate of drug-likeness (QED) is 0.771. The van der Waals surface area contributed by atoms with Gasteiger partial charge in [0, 0.05) is 19.6 Å². The van der Waals surface area contributed by atoms with Gasteiger partial charge in [-0.1, -0.05) is 12.1 Å². The highest BCUT2D eigenvalue weighted by molar-refractivity contribution is 5.84. The van der Waals surface area contributed by atoms with Crippen molar-refractivity contribution in [2.45, 2.75) is 44.2 Å². The van der Waals surface area contributed by atoms with E-state index in [4.69, 9.17) is 5.73 Å². The Morgan fingerprint density at radius 3 is 2.71 bits per heavy atom. The molecule has 0 heterocycles. The highest BCUT2D eigenvalue weighted by Crippen LogP contribution is 2.25. The Kier molecular flexibility index (Phi) is 4.83. The molecule has 1 atom stereocenters. The Morgan fingerprint density at radius 1 is 1.48 bits per heavy atom. The summed E-state index contributed by atoms with van der Waals surface area (Å²) in [7, 11) is 1.86. The third-order valence-electron chi connectivity index (χ3n) is 4.08. The molecule has 1 aromatic carbocycles. The largest absolute Gasteiger partial charge is 0.372 e. The molecule has 4 nitrogen and oxygen atoms in total. The van der Waals surface area contributed by atoms with E-state index in [0.717, 1.165) is 19.3 Å². The Bertz CT molecular complexity index is 504. The number of primary amides is 1. The van der Waals surface area contributed by atoms with Crippen LogP contribution in [-0.4, -0.2) is 31.1 Å². The second-order valence-electron chi connectivity index (χ2n) is 6.09. The SMILES string of the molecule is CN(CCCC(C)(NC1CC1)C(N)=O)c1ccccc1F. The Hall–Kier alpha value is -1.62. The lowest BCUT2D eigenvalue weighted by Crippen LogP contribution is -2.54. The summed E-state index contributed by atoms with van der Waals surface area (Å²) >= 11 is 0. The van der Waals surface area contributed by atoms with Gasteiger partial charge >= 0.3 is 0 Å². The van der Waals surface area contributed by atoms with E-state index in [9.17, 15) is 9.18 Å². The van der Waals surface area contributed by atoms with Crippen LogP contribution >= 0.6 is 0 Å². The third kappa shape index (κ3) is 4.17. The first-order valence-electron chi connectivity index (χ1n) is 7.45. The molecule has 1 aromatic rings. The number of para-hydroxylation sites is 1. The number of carbonyl (C=O) groups excluding carboxylic acids is 1. The van der Waals surface area contributed by atoms with Crippen LogP contribution in [0.25, 0.3) is 0 Å². The second-order valence-corrected chi connectivity index (χ2v) is 6.09. The zero-order valence-corrected chi connectivity index (χ0v) is 12.7. The smallest absolute Gasteiger partial charge is 0.237 e. The molecule has 0 spiro atoms. The molecule has 5 heteroatoms. The van der Waals surface area contributed by atoms with Crippen molar-refractivity contribution in [3.8, 4) is 0 Å². The normalized spacial score (nSPS) is 17.3. The van der Waals surface area contributed by atoms with Crippen LogP contribution in [0.15, 0.2) is 24.3 Å². The Labute approximate surface area is 125 Å². The molecule has 0 saturated heterocycles. The number of carbonyl (C=O) groups is 1. The fourth-order valence-corrected chi connectivity index (χ4v) is 2.50. The first kappa shape index (κ1) is 15.8. The lowest BCUT2D eigenvalue weighted by atomic mass is 9.94. The zero-order chi connectivity index (χ0) is 15.5. The molecule has 21 heavy (non-hydrogen) atoms. The Balaban J connectivity index is 1.87. The number of nitrogens with zero attached hydrogens (tertiary/aromatic N) is 1. The first-order valence-corrected chi connectivity index (χ1v) is 7.45. The summed E-state index contributed by atoms with van der Waals surface area (Å²) in [6.45, 7) is 2.53. The molecule has 116 valence electrons. The summed E-state index contributed by atoms with van der Waals surface area (Å²) in [6, 6.07) is 7.12. The summed E-state index contributed by atoms with van der Waals surface area (Å²) < 4.78 is 13.7. The van der Waals surface area contributed by atoms with Gasteiger partial charge in [0.25, 0.3) is 0 Å². The third-order valence-corrected chi connectivity index (χ3v) is 4.08. The average Bonchev–Trinajstić information content (AvgIpc) is 3.22. The van der Waals surface area contributed by atoms with Crippen molar-refractivity contribution in [1.29, 1.82) is 0 Å². The monoisotopic (exact) mass is 293 g/mol. The molecule has 1 aliphatic rings. The highest BCUT2D eigenvalue weighted by atomic mass is 19.1. The van der Waals surface area contributed by atoms with Crippen molar-refractivity contribution >= 4 is 11.6 Å². The van der Waals surface area contributed by atoms with Gasteiger partial charge in [0.1, 0.15) is 5.82 Å². The maximum atomic E-state index is 13.7. The number of amides is 1. The summed E-state index contributed by atoms with van der Waals surface area (Å²) in [4.78, 5) is 13.5. The molecular weight excluding hydrogens is 269 g/mol. The van der Waals surface area contributed by atoms with E-state index >= 15 is 0 Å². The maximum Gasteiger partial charge on any atom is 0.237 e. The average molecular weight is 293 g/mol. The van der Waals surface area contributed by atoms with Gasteiger partial charge in [-0.2, -0.15) is 0 Å². The van der Waals surface area contributed by atoms with Gasteiger partial charge in [0.05, 0.1) is 11.2 Å². The molecule has 2 rings (SSSR count). The predicted octanol–water partition coefficient (Wildman–Crippen LogP) is 2.04. The van der Waals surface area contributed by atoms with Crippen molar-refractivity contribution in [3.63, 3.8) is 0 Å². The van der Waals surface area contributed by atoms with Crippen LogP contribution in [0.4, 0.5) is 10.1 Å². The van der Waals surface area contributed by atoms with Crippen molar-refractivity contribution in [2.24, 2.45) is 5.73 Å². The van der Waals surface area contributed by atoms with Gasteiger partial charge in [-0.05, 0) is 44.7 Å². The first-order chi connectivity index (χ1) is 9.92. The van der Waals surface area contributed by atoms with Gasteiger partial charge in [-0.25, -0.2) is 4.39 Å². The number of hydrogen-bond donors (Lipinski definition) is 2. The number of benzene rings is 1. The number of nitrogens with one attached hydrogen (secondary N) is 1. The van der Waals surface area contributed by atoms with E-state index in [1.54, 1.807) is 12.1 Å². The number of hydrogen-bond acceptors (Lipinski definition) is 3. The lowest BCUT2D eigenvalue weighted by molar-refractivity contribution is -0.124. The number of nitrogens with two attached hydrogens (primary N) is 1. The molecule has 0 radical (unpaired) electrons. The summed E-state index contributed by atoms with van der Waals surface area (Å²) in [5.41, 5.74) is 5.43. The van der Waals surface area contributed by atoms with Crippen LogP contribution in [0.5, 0.6) is 0 Å². The van der Waals surface area contributed by atoms with Crippen LogP contribution in [0, 0.1) is 5.82 Å². The van der Waals surface area contributed by atoms with Gasteiger partial charge < -0.3 is 16.0 Å². The molecule has 1 unspecified atom stereocenters. The molecule has 1 amide bonds. The molecule has 1 saturated carbocycles. The molecular formula is C16H24FN3O. The van der Waals surface area contributed by atoms with E-state index in [-0.39, 0.29) is 11.7 Å². The minimum Gasteiger partial charge on any atom is -0.372 e. The van der Waals surface area contributed by atoms with Crippen molar-refractivity contribution in [3.05, 3.63) is 30.1 Å². The highest BCUT2D eigenvalue weighted by Gasteiger charge is 2.36. The lowest BCUT2D eigenvalue weighted by Gasteiger charge is -2.29.